The fourth-order valence-corrected chi connectivity index (χ4v) is 3.96. The van der Waals surface area contributed by atoms with E-state index in [0.717, 1.165) is 12.8 Å². The molecular formula is C24H22ClFN6O4. The maximum Gasteiger partial charge on any atom is 0.357 e. The summed E-state index contributed by atoms with van der Waals surface area (Å²) < 4.78 is 20.7. The number of nitrogens with two attached hydrogens (primary N) is 1. The Morgan fingerprint density at radius 3 is 2.78 bits per heavy atom. The number of carbonyl (C=O) groups excluding carboxylic acids is 3. The zero-order chi connectivity index (χ0) is 25.8. The Balaban J connectivity index is 1.49. The third-order valence-corrected chi connectivity index (χ3v) is 5.96. The number of carbonyl (C=O) groups is 3. The number of rotatable bonds is 10. The van der Waals surface area contributed by atoms with Crippen LogP contribution in [-0.2, 0) is 22.7 Å². The van der Waals surface area contributed by atoms with Crippen LogP contribution in [0.3, 0.4) is 0 Å². The van der Waals surface area contributed by atoms with E-state index in [2.05, 4.69) is 15.3 Å². The van der Waals surface area contributed by atoms with Crippen molar-refractivity contribution in [2.45, 2.75) is 32.0 Å². The summed E-state index contributed by atoms with van der Waals surface area (Å²) in [6, 6.07) is 9.15. The predicted molar refractivity (Wildman–Crippen MR) is 128 cm³/mol. The van der Waals surface area contributed by atoms with E-state index in [4.69, 9.17) is 28.6 Å². The SMILES string of the molecule is [C-]#[N+]COc1ccc2c(C(N)=O)nn(CC(=O)N(CC(=O)NCc3cccc(Cl)c3F)C3CC3)c2c1. The van der Waals surface area contributed by atoms with Crippen LogP contribution in [0.15, 0.2) is 36.4 Å². The topological polar surface area (TPSA) is 124 Å². The number of aromatic nitrogens is 2. The summed E-state index contributed by atoms with van der Waals surface area (Å²) in [5.41, 5.74) is 6.11. The van der Waals surface area contributed by atoms with Crippen molar-refractivity contribution in [3.8, 4) is 5.75 Å². The number of nitrogens with zero attached hydrogens (tertiary/aromatic N) is 4. The van der Waals surface area contributed by atoms with E-state index in [9.17, 15) is 18.8 Å². The Morgan fingerprint density at radius 1 is 1.31 bits per heavy atom. The van der Waals surface area contributed by atoms with Gasteiger partial charge in [-0.05, 0) is 31.0 Å². The van der Waals surface area contributed by atoms with E-state index in [-0.39, 0.29) is 54.6 Å². The van der Waals surface area contributed by atoms with Crippen molar-refractivity contribution in [2.24, 2.45) is 5.73 Å². The monoisotopic (exact) mass is 512 g/mol. The summed E-state index contributed by atoms with van der Waals surface area (Å²) in [6.45, 7) is 6.15. The van der Waals surface area contributed by atoms with Crippen LogP contribution < -0.4 is 15.8 Å². The first-order valence-electron chi connectivity index (χ1n) is 11.0. The van der Waals surface area contributed by atoms with Gasteiger partial charge in [-0.3, -0.25) is 23.9 Å². The second kappa shape index (κ2) is 10.6. The number of primary amides is 1. The Morgan fingerprint density at radius 2 is 2.08 bits per heavy atom. The lowest BCUT2D eigenvalue weighted by molar-refractivity contribution is -0.137. The highest BCUT2D eigenvalue weighted by Gasteiger charge is 2.34. The van der Waals surface area contributed by atoms with E-state index >= 15 is 0 Å². The molecule has 186 valence electrons. The molecule has 0 bridgehead atoms. The molecule has 36 heavy (non-hydrogen) atoms. The Kier molecular flexibility index (Phi) is 7.36. The molecule has 0 atom stereocenters. The molecule has 3 amide bonds. The molecule has 4 rings (SSSR count). The highest BCUT2D eigenvalue weighted by atomic mass is 35.5. The lowest BCUT2D eigenvalue weighted by atomic mass is 10.2. The number of fused-ring (bicyclic) bond motifs is 1. The molecule has 0 spiro atoms. The van der Waals surface area contributed by atoms with Crippen LogP contribution in [0.1, 0.15) is 28.9 Å². The van der Waals surface area contributed by atoms with E-state index < -0.39 is 17.6 Å². The molecule has 1 fully saturated rings. The van der Waals surface area contributed by atoms with Crippen molar-refractivity contribution < 1.29 is 23.5 Å². The number of hydrogen-bond acceptors (Lipinski definition) is 5. The van der Waals surface area contributed by atoms with E-state index in [1.165, 1.54) is 21.7 Å². The average molecular weight is 513 g/mol. The second-order valence-corrected chi connectivity index (χ2v) is 8.63. The van der Waals surface area contributed by atoms with Crippen LogP contribution in [0.2, 0.25) is 5.02 Å². The lowest BCUT2D eigenvalue weighted by Gasteiger charge is -2.22. The maximum absolute atomic E-state index is 14.1. The minimum absolute atomic E-state index is 0.00575. The van der Waals surface area contributed by atoms with Gasteiger partial charge >= 0.3 is 6.73 Å². The van der Waals surface area contributed by atoms with Crippen LogP contribution in [0.25, 0.3) is 15.7 Å². The fraction of sp³-hybridized carbons (Fsp3) is 0.292. The molecule has 1 aliphatic rings. The number of ether oxygens (including phenoxy) is 1. The molecule has 1 aromatic heterocycles. The first-order valence-corrected chi connectivity index (χ1v) is 11.4. The number of amides is 3. The molecule has 0 saturated heterocycles. The van der Waals surface area contributed by atoms with Crippen molar-refractivity contribution in [2.75, 3.05) is 13.3 Å². The van der Waals surface area contributed by atoms with E-state index in [1.807, 2.05) is 0 Å². The molecule has 10 nitrogen and oxygen atoms in total. The van der Waals surface area contributed by atoms with Crippen LogP contribution in [0.5, 0.6) is 5.75 Å². The molecule has 0 unspecified atom stereocenters. The van der Waals surface area contributed by atoms with Gasteiger partial charge in [0.15, 0.2) is 5.69 Å². The van der Waals surface area contributed by atoms with Gasteiger partial charge in [0.1, 0.15) is 18.1 Å². The van der Waals surface area contributed by atoms with Crippen molar-refractivity contribution in [3.63, 3.8) is 0 Å². The molecule has 1 heterocycles. The molecule has 3 aromatic rings. The first kappa shape index (κ1) is 24.9. The van der Waals surface area contributed by atoms with E-state index in [1.54, 1.807) is 24.3 Å². The standard InChI is InChI=1S/C24H22ClFN6O4/c1-28-13-36-16-7-8-17-19(9-16)32(30-23(17)24(27)35)12-21(34)31(15-5-6-15)11-20(33)29-10-14-3-2-4-18(25)22(14)26/h2-4,7-9,15H,5-6,10-13H2,(H2,27,35)(H,29,33). The normalized spacial score (nSPS) is 12.7. The minimum atomic E-state index is -0.757. The first-order chi connectivity index (χ1) is 17.3. The maximum atomic E-state index is 14.1. The van der Waals surface area contributed by atoms with Crippen molar-refractivity contribution >= 4 is 40.2 Å². The molecule has 1 saturated carbocycles. The van der Waals surface area contributed by atoms with Gasteiger partial charge in [-0.15, -0.1) is 0 Å². The summed E-state index contributed by atoms with van der Waals surface area (Å²) in [4.78, 5) is 42.3. The second-order valence-electron chi connectivity index (χ2n) is 8.22. The van der Waals surface area contributed by atoms with E-state index in [0.29, 0.717) is 16.7 Å². The molecule has 0 aliphatic heterocycles. The van der Waals surface area contributed by atoms with Gasteiger partial charge in [0.2, 0.25) is 11.8 Å². The highest BCUT2D eigenvalue weighted by Crippen LogP contribution is 2.28. The quantitative estimate of drug-likeness (QED) is 0.404. The van der Waals surface area contributed by atoms with Crippen LogP contribution in [0.4, 0.5) is 4.39 Å². The highest BCUT2D eigenvalue weighted by molar-refractivity contribution is 6.30. The Hall–Kier alpha value is -4.17. The van der Waals surface area contributed by atoms with Gasteiger partial charge < -0.3 is 20.7 Å². The van der Waals surface area contributed by atoms with Crippen LogP contribution in [-0.4, -0.2) is 51.7 Å². The van der Waals surface area contributed by atoms with Crippen LogP contribution in [0, 0.1) is 12.4 Å². The zero-order valence-corrected chi connectivity index (χ0v) is 19.8. The molecule has 0 radical (unpaired) electrons. The van der Waals surface area contributed by atoms with Gasteiger partial charge in [-0.25, -0.2) is 11.0 Å². The van der Waals surface area contributed by atoms with Crippen molar-refractivity contribution in [1.29, 1.82) is 0 Å². The van der Waals surface area contributed by atoms with Crippen LogP contribution >= 0.6 is 11.6 Å². The van der Waals surface area contributed by atoms with Gasteiger partial charge in [0.05, 0.1) is 17.1 Å². The number of hydrogen-bond donors (Lipinski definition) is 2. The number of nitrogens with one attached hydrogen (secondary N) is 1. The third kappa shape index (κ3) is 5.55. The summed E-state index contributed by atoms with van der Waals surface area (Å²) in [5.74, 6) is -1.82. The van der Waals surface area contributed by atoms with Gasteiger partial charge in [0, 0.05) is 29.6 Å². The van der Waals surface area contributed by atoms with Gasteiger partial charge in [0.25, 0.3) is 5.91 Å². The van der Waals surface area contributed by atoms with Crippen molar-refractivity contribution in [3.05, 3.63) is 69.9 Å². The predicted octanol–water partition coefficient (Wildman–Crippen LogP) is 2.49. The Bertz CT molecular complexity index is 1380. The largest absolute Gasteiger partial charge is 0.426 e. The number of halogens is 2. The molecule has 1 aliphatic carbocycles. The number of benzene rings is 2. The molecule has 3 N–H and O–H groups in total. The zero-order valence-electron chi connectivity index (χ0n) is 19.0. The molecule has 12 heteroatoms. The van der Waals surface area contributed by atoms with Gasteiger partial charge in [-0.1, -0.05) is 23.7 Å². The Labute approximate surface area is 210 Å². The average Bonchev–Trinajstić information content (AvgIpc) is 3.63. The minimum Gasteiger partial charge on any atom is -0.426 e. The summed E-state index contributed by atoms with van der Waals surface area (Å²) >= 11 is 5.78. The van der Waals surface area contributed by atoms with Gasteiger partial charge in [-0.2, -0.15) is 5.10 Å². The smallest absolute Gasteiger partial charge is 0.357 e. The summed E-state index contributed by atoms with van der Waals surface area (Å²) in [5, 5.41) is 7.22. The lowest BCUT2D eigenvalue weighted by Crippen LogP contribution is -2.43. The molecular weight excluding hydrogens is 491 g/mol. The molecule has 2 aromatic carbocycles. The third-order valence-electron chi connectivity index (χ3n) is 5.67. The summed E-state index contributed by atoms with van der Waals surface area (Å²) in [6.07, 6.45) is 1.51. The fourth-order valence-electron chi connectivity index (χ4n) is 3.77. The van der Waals surface area contributed by atoms with Crippen molar-refractivity contribution in [1.82, 2.24) is 20.0 Å². The summed E-state index contributed by atoms with van der Waals surface area (Å²) in [7, 11) is 0.